The van der Waals surface area contributed by atoms with Gasteiger partial charge in [-0.05, 0) is 47.9 Å². The maximum Gasteiger partial charge on any atom is 0.192 e. The second-order valence-electron chi connectivity index (χ2n) is 10.9. The van der Waals surface area contributed by atoms with E-state index in [0.717, 1.165) is 5.56 Å². The Morgan fingerprint density at radius 3 is 2.23 bits per heavy atom. The van der Waals surface area contributed by atoms with E-state index >= 15 is 0 Å². The number of benzene rings is 1. The summed E-state index contributed by atoms with van der Waals surface area (Å²) < 4.78 is 13.4. The third-order valence-electron chi connectivity index (χ3n) is 7.63. The van der Waals surface area contributed by atoms with Crippen LogP contribution in [-0.4, -0.2) is 43.4 Å². The summed E-state index contributed by atoms with van der Waals surface area (Å²) in [4.78, 5) is 0. The molecule has 1 fully saturated rings. The van der Waals surface area contributed by atoms with Gasteiger partial charge in [-0.2, -0.15) is 0 Å². The third kappa shape index (κ3) is 5.95. The molecule has 0 spiro atoms. The number of ether oxygens (including phenoxy) is 1. The number of hydrogen-bond donors (Lipinski definition) is 2. The topological polar surface area (TPSA) is 58.9 Å². The Hall–Kier alpha value is -0.723. The fraction of sp³-hybridized carbons (Fsp3) is 0.760. The van der Waals surface area contributed by atoms with Gasteiger partial charge < -0.3 is 19.4 Å². The van der Waals surface area contributed by atoms with Crippen LogP contribution in [0.25, 0.3) is 0 Å². The van der Waals surface area contributed by atoms with E-state index < -0.39 is 14.4 Å². The van der Waals surface area contributed by atoms with Crippen molar-refractivity contribution in [2.75, 3.05) is 6.61 Å². The number of aliphatic hydroxyl groups is 2. The van der Waals surface area contributed by atoms with Crippen molar-refractivity contribution in [3.63, 3.8) is 0 Å². The van der Waals surface area contributed by atoms with Crippen molar-refractivity contribution in [3.8, 4) is 0 Å². The first-order valence-corrected chi connectivity index (χ1v) is 14.4. The smallest absolute Gasteiger partial charge is 0.192 e. The maximum atomic E-state index is 11.2. The molecule has 0 radical (unpaired) electrons. The van der Waals surface area contributed by atoms with Crippen molar-refractivity contribution >= 4 is 8.32 Å². The van der Waals surface area contributed by atoms with E-state index in [0.29, 0.717) is 13.0 Å². The molecule has 0 amide bonds. The van der Waals surface area contributed by atoms with Crippen LogP contribution in [0.2, 0.25) is 18.1 Å². The second kappa shape index (κ2) is 10.3. The lowest BCUT2D eigenvalue weighted by molar-refractivity contribution is -0.0725. The summed E-state index contributed by atoms with van der Waals surface area (Å²) in [5, 5.41) is 21.1. The van der Waals surface area contributed by atoms with Crippen LogP contribution in [0.4, 0.5) is 0 Å². The molecule has 4 nitrogen and oxygen atoms in total. The van der Waals surface area contributed by atoms with Crippen molar-refractivity contribution in [3.05, 3.63) is 35.9 Å². The van der Waals surface area contributed by atoms with Gasteiger partial charge in [0.2, 0.25) is 0 Å². The monoisotopic (exact) mass is 436 g/mol. The van der Waals surface area contributed by atoms with Gasteiger partial charge in [-0.1, -0.05) is 71.9 Å². The molecule has 2 N–H and O–H groups in total. The van der Waals surface area contributed by atoms with Gasteiger partial charge in [0.1, 0.15) is 0 Å². The van der Waals surface area contributed by atoms with Gasteiger partial charge in [-0.25, -0.2) is 0 Å². The molecule has 1 aliphatic carbocycles. The molecular formula is C25H44O4Si. The zero-order valence-electron chi connectivity index (χ0n) is 20.3. The largest absolute Gasteiger partial charge is 0.413 e. The summed E-state index contributed by atoms with van der Waals surface area (Å²) >= 11 is 0. The first-order chi connectivity index (χ1) is 13.9. The molecule has 0 aromatic heterocycles. The van der Waals surface area contributed by atoms with E-state index in [4.69, 9.17) is 9.16 Å². The summed E-state index contributed by atoms with van der Waals surface area (Å²) in [6.07, 6.45) is -0.0149. The van der Waals surface area contributed by atoms with Gasteiger partial charge in [-0.3, -0.25) is 0 Å². The Morgan fingerprint density at radius 2 is 1.70 bits per heavy atom. The van der Waals surface area contributed by atoms with Crippen LogP contribution in [-0.2, 0) is 15.8 Å². The normalized spacial score (nSPS) is 31.9. The van der Waals surface area contributed by atoms with Gasteiger partial charge in [0, 0.05) is 12.5 Å². The highest BCUT2D eigenvalue weighted by Crippen LogP contribution is 2.43. The molecule has 0 heterocycles. The first-order valence-electron chi connectivity index (χ1n) is 11.5. The van der Waals surface area contributed by atoms with Crippen molar-refractivity contribution in [1.29, 1.82) is 0 Å². The predicted molar refractivity (Wildman–Crippen MR) is 126 cm³/mol. The molecule has 30 heavy (non-hydrogen) atoms. The highest BCUT2D eigenvalue weighted by Gasteiger charge is 2.47. The molecule has 1 aromatic rings. The van der Waals surface area contributed by atoms with Crippen molar-refractivity contribution in [2.24, 2.45) is 23.7 Å². The molecule has 1 aliphatic rings. The van der Waals surface area contributed by atoms with Gasteiger partial charge in [0.05, 0.1) is 24.9 Å². The fourth-order valence-electron chi connectivity index (χ4n) is 4.67. The Morgan fingerprint density at radius 1 is 1.10 bits per heavy atom. The SMILES string of the molecule is C[C@@H]1[C@H](OCc2ccccc2)[C@H](C)[C@H]([C@@H](C)CO)[C@H](O)C[C@H]1O[Si](C)(C)C(C)(C)C. The maximum absolute atomic E-state index is 11.2. The van der Waals surface area contributed by atoms with Crippen molar-refractivity contribution in [2.45, 2.75) is 91.0 Å². The highest BCUT2D eigenvalue weighted by molar-refractivity contribution is 6.74. The second-order valence-corrected chi connectivity index (χ2v) is 15.7. The Kier molecular flexibility index (Phi) is 8.74. The average Bonchev–Trinajstić information content (AvgIpc) is 2.74. The van der Waals surface area contributed by atoms with Crippen LogP contribution in [0.1, 0.15) is 53.5 Å². The van der Waals surface area contributed by atoms with Crippen LogP contribution < -0.4 is 0 Å². The van der Waals surface area contributed by atoms with Crippen LogP contribution >= 0.6 is 0 Å². The van der Waals surface area contributed by atoms with Crippen LogP contribution in [0, 0.1) is 23.7 Å². The molecule has 0 unspecified atom stereocenters. The van der Waals surface area contributed by atoms with Crippen molar-refractivity contribution in [1.82, 2.24) is 0 Å². The molecule has 172 valence electrons. The van der Waals surface area contributed by atoms with E-state index in [2.05, 4.69) is 59.8 Å². The lowest BCUT2D eigenvalue weighted by Gasteiger charge is -2.42. The van der Waals surface area contributed by atoms with Crippen molar-refractivity contribution < 1.29 is 19.4 Å². The molecule has 0 aliphatic heterocycles. The molecule has 1 saturated carbocycles. The minimum absolute atomic E-state index is 0.0108. The summed E-state index contributed by atoms with van der Waals surface area (Å²) in [6.45, 7) is 18.3. The Balaban J connectivity index is 2.32. The highest BCUT2D eigenvalue weighted by atomic mass is 28.4. The zero-order valence-corrected chi connectivity index (χ0v) is 21.3. The van der Waals surface area contributed by atoms with Gasteiger partial charge in [-0.15, -0.1) is 0 Å². The lowest BCUT2D eigenvalue weighted by atomic mass is 9.77. The van der Waals surface area contributed by atoms with E-state index in [1.165, 1.54) is 0 Å². The molecule has 7 atom stereocenters. The first kappa shape index (κ1) is 25.5. The summed E-state index contributed by atoms with van der Waals surface area (Å²) in [6, 6.07) is 10.2. The predicted octanol–water partition coefficient (Wildman–Crippen LogP) is 5.24. The molecular weight excluding hydrogens is 392 g/mol. The van der Waals surface area contributed by atoms with E-state index in [1.54, 1.807) is 0 Å². The van der Waals surface area contributed by atoms with Crippen LogP contribution in [0.15, 0.2) is 30.3 Å². The minimum atomic E-state index is -2.00. The summed E-state index contributed by atoms with van der Waals surface area (Å²) in [7, 11) is -2.00. The minimum Gasteiger partial charge on any atom is -0.413 e. The number of aliphatic hydroxyl groups excluding tert-OH is 2. The van der Waals surface area contributed by atoms with Gasteiger partial charge in [0.15, 0.2) is 8.32 Å². The average molecular weight is 437 g/mol. The van der Waals surface area contributed by atoms with E-state index in [-0.39, 0.29) is 47.5 Å². The quantitative estimate of drug-likeness (QED) is 0.453. The van der Waals surface area contributed by atoms with Gasteiger partial charge >= 0.3 is 0 Å². The third-order valence-corrected chi connectivity index (χ3v) is 12.1. The number of hydrogen-bond acceptors (Lipinski definition) is 4. The molecule has 0 saturated heterocycles. The standard InChI is InChI=1S/C25H44O4Si/c1-17(15-26)23-19(3)24(28-16-20-12-10-9-11-13-20)18(2)22(14-21(23)27)29-30(7,8)25(4,5)6/h9-13,17-19,21-24,26-27H,14-16H2,1-8H3/t17-,18-,19+,21+,22+,23-,24-/m0/s1. The van der Waals surface area contributed by atoms with E-state index in [1.807, 2.05) is 25.1 Å². The lowest BCUT2D eigenvalue weighted by Crippen LogP contribution is -2.47. The van der Waals surface area contributed by atoms with Gasteiger partial charge in [0.25, 0.3) is 0 Å². The fourth-order valence-corrected chi connectivity index (χ4v) is 6.09. The molecule has 5 heteroatoms. The van der Waals surface area contributed by atoms with E-state index in [9.17, 15) is 10.2 Å². The molecule has 0 bridgehead atoms. The Labute approximate surface area is 185 Å². The zero-order chi connectivity index (χ0) is 22.7. The molecule has 2 rings (SSSR count). The Bertz CT molecular complexity index is 642. The van der Waals surface area contributed by atoms with Crippen LogP contribution in [0.3, 0.4) is 0 Å². The summed E-state index contributed by atoms with van der Waals surface area (Å²) in [5.41, 5.74) is 1.15. The molecule has 1 aromatic carbocycles. The number of rotatable bonds is 7. The van der Waals surface area contributed by atoms with Crippen LogP contribution in [0.5, 0.6) is 0 Å². The summed E-state index contributed by atoms with van der Waals surface area (Å²) in [5.74, 6) is 0.264.